The van der Waals surface area contributed by atoms with Crippen LogP contribution in [0.4, 0.5) is 5.69 Å². The van der Waals surface area contributed by atoms with Crippen LogP contribution in [-0.4, -0.2) is 31.1 Å². The zero-order chi connectivity index (χ0) is 14.6. The predicted molar refractivity (Wildman–Crippen MR) is 88.3 cm³/mol. The Balaban J connectivity index is 1.67. The quantitative estimate of drug-likeness (QED) is 0.886. The summed E-state index contributed by atoms with van der Waals surface area (Å²) in [6, 6.07) is 8.66. The second kappa shape index (κ2) is 6.62. The fourth-order valence-electron chi connectivity index (χ4n) is 3.05. The van der Waals surface area contributed by atoms with Crippen LogP contribution in [0.5, 0.6) is 0 Å². The molecule has 0 radical (unpaired) electrons. The van der Waals surface area contributed by atoms with Crippen LogP contribution in [0.1, 0.15) is 39.2 Å². The number of likely N-dealkylation sites (tertiary alicyclic amines) is 1. The van der Waals surface area contributed by atoms with Crippen LogP contribution in [-0.2, 0) is 0 Å². The Kier molecular flexibility index (Phi) is 5.09. The van der Waals surface area contributed by atoms with Crippen LogP contribution in [0.25, 0.3) is 0 Å². The van der Waals surface area contributed by atoms with Crippen molar-refractivity contribution in [2.45, 2.75) is 40.5 Å². The standard InChI is InChI=1S/C18H30N2/c1-15-5-7-17(8-6-15)19-11-14-20-12-9-16(10-13-20)18(2,3)4/h5-8,16,19H,9-14H2,1-4H3. The SMILES string of the molecule is Cc1ccc(NCCN2CCC(C(C)(C)C)CC2)cc1. The number of hydrogen-bond donors (Lipinski definition) is 1. The van der Waals surface area contributed by atoms with E-state index >= 15 is 0 Å². The van der Waals surface area contributed by atoms with Crippen LogP contribution in [0.3, 0.4) is 0 Å². The van der Waals surface area contributed by atoms with E-state index < -0.39 is 0 Å². The third-order valence-corrected chi connectivity index (χ3v) is 4.62. The number of benzene rings is 1. The molecule has 20 heavy (non-hydrogen) atoms. The van der Waals surface area contributed by atoms with Crippen LogP contribution in [0.2, 0.25) is 0 Å². The largest absolute Gasteiger partial charge is 0.384 e. The summed E-state index contributed by atoms with van der Waals surface area (Å²) in [6.07, 6.45) is 2.71. The molecule has 112 valence electrons. The van der Waals surface area contributed by atoms with Gasteiger partial charge >= 0.3 is 0 Å². The first kappa shape index (κ1) is 15.4. The van der Waals surface area contributed by atoms with Gasteiger partial charge in [0.05, 0.1) is 0 Å². The summed E-state index contributed by atoms with van der Waals surface area (Å²) >= 11 is 0. The number of rotatable bonds is 4. The number of nitrogens with zero attached hydrogens (tertiary/aromatic N) is 1. The highest BCUT2D eigenvalue weighted by molar-refractivity contribution is 5.44. The molecule has 1 N–H and O–H groups in total. The van der Waals surface area contributed by atoms with Gasteiger partial charge in [0.15, 0.2) is 0 Å². The Hall–Kier alpha value is -1.02. The Morgan fingerprint density at radius 2 is 1.70 bits per heavy atom. The highest BCUT2D eigenvalue weighted by Crippen LogP contribution is 2.34. The van der Waals surface area contributed by atoms with Gasteiger partial charge in [-0.1, -0.05) is 38.5 Å². The topological polar surface area (TPSA) is 15.3 Å². The molecule has 1 saturated heterocycles. The second-order valence-electron chi connectivity index (χ2n) is 7.27. The van der Waals surface area contributed by atoms with E-state index in [-0.39, 0.29) is 0 Å². The molecule has 2 nitrogen and oxygen atoms in total. The maximum Gasteiger partial charge on any atom is 0.0340 e. The van der Waals surface area contributed by atoms with Crippen molar-refractivity contribution in [3.63, 3.8) is 0 Å². The van der Waals surface area contributed by atoms with E-state index in [0.717, 1.165) is 19.0 Å². The summed E-state index contributed by atoms with van der Waals surface area (Å²) in [5.41, 5.74) is 3.03. The van der Waals surface area contributed by atoms with Gasteiger partial charge in [-0.25, -0.2) is 0 Å². The lowest BCUT2D eigenvalue weighted by Gasteiger charge is -2.38. The number of hydrogen-bond acceptors (Lipinski definition) is 2. The lowest BCUT2D eigenvalue weighted by Crippen LogP contribution is -2.40. The Morgan fingerprint density at radius 1 is 1.10 bits per heavy atom. The van der Waals surface area contributed by atoms with Gasteiger partial charge in [0.25, 0.3) is 0 Å². The molecular formula is C18H30N2. The molecule has 1 aliphatic rings. The molecule has 1 heterocycles. The normalized spacial score (nSPS) is 18.2. The molecule has 0 unspecified atom stereocenters. The Morgan fingerprint density at radius 3 is 2.25 bits per heavy atom. The van der Waals surface area contributed by atoms with Gasteiger partial charge in [-0.05, 0) is 56.3 Å². The van der Waals surface area contributed by atoms with Gasteiger partial charge in [0.1, 0.15) is 0 Å². The zero-order valence-corrected chi connectivity index (χ0v) is 13.6. The van der Waals surface area contributed by atoms with E-state index in [1.807, 2.05) is 0 Å². The van der Waals surface area contributed by atoms with E-state index in [2.05, 4.69) is 62.2 Å². The first-order valence-corrected chi connectivity index (χ1v) is 7.98. The minimum atomic E-state index is 0.478. The molecule has 0 aliphatic carbocycles. The first-order chi connectivity index (χ1) is 9.45. The van der Waals surface area contributed by atoms with Gasteiger partial charge in [-0.15, -0.1) is 0 Å². The molecular weight excluding hydrogens is 244 g/mol. The molecule has 0 aromatic heterocycles. The van der Waals surface area contributed by atoms with Crippen LogP contribution in [0, 0.1) is 18.3 Å². The smallest absolute Gasteiger partial charge is 0.0340 e. The number of nitrogens with one attached hydrogen (secondary N) is 1. The van der Waals surface area contributed by atoms with E-state index in [9.17, 15) is 0 Å². The minimum absolute atomic E-state index is 0.478. The average Bonchev–Trinajstić information content (AvgIpc) is 2.41. The summed E-state index contributed by atoms with van der Waals surface area (Å²) < 4.78 is 0. The summed E-state index contributed by atoms with van der Waals surface area (Å²) in [5.74, 6) is 0.892. The Labute approximate surface area is 124 Å². The fourth-order valence-corrected chi connectivity index (χ4v) is 3.05. The Bertz CT molecular complexity index is 394. The van der Waals surface area contributed by atoms with E-state index in [1.54, 1.807) is 0 Å². The van der Waals surface area contributed by atoms with Crippen molar-refractivity contribution in [2.75, 3.05) is 31.5 Å². The molecule has 2 rings (SSSR count). The molecule has 0 saturated carbocycles. The van der Waals surface area contributed by atoms with Crippen molar-refractivity contribution in [3.8, 4) is 0 Å². The second-order valence-corrected chi connectivity index (χ2v) is 7.27. The minimum Gasteiger partial charge on any atom is -0.384 e. The van der Waals surface area contributed by atoms with Crippen LogP contribution in [0.15, 0.2) is 24.3 Å². The highest BCUT2D eigenvalue weighted by Gasteiger charge is 2.28. The maximum absolute atomic E-state index is 3.52. The van der Waals surface area contributed by atoms with Crippen LogP contribution < -0.4 is 5.32 Å². The third kappa shape index (κ3) is 4.52. The zero-order valence-electron chi connectivity index (χ0n) is 13.6. The van der Waals surface area contributed by atoms with E-state index in [0.29, 0.717) is 5.41 Å². The highest BCUT2D eigenvalue weighted by atomic mass is 15.1. The monoisotopic (exact) mass is 274 g/mol. The van der Waals surface area contributed by atoms with Gasteiger partial charge in [0, 0.05) is 18.8 Å². The molecule has 0 spiro atoms. The molecule has 0 atom stereocenters. The van der Waals surface area contributed by atoms with E-state index in [4.69, 9.17) is 0 Å². The molecule has 0 bridgehead atoms. The molecule has 1 fully saturated rings. The number of piperidine rings is 1. The van der Waals surface area contributed by atoms with Crippen molar-refractivity contribution in [2.24, 2.45) is 11.3 Å². The molecule has 1 aromatic carbocycles. The van der Waals surface area contributed by atoms with Crippen molar-refractivity contribution in [1.29, 1.82) is 0 Å². The van der Waals surface area contributed by atoms with Crippen molar-refractivity contribution >= 4 is 5.69 Å². The number of anilines is 1. The lowest BCUT2D eigenvalue weighted by molar-refractivity contribution is 0.115. The fraction of sp³-hybridized carbons (Fsp3) is 0.667. The van der Waals surface area contributed by atoms with Gasteiger partial charge in [-0.2, -0.15) is 0 Å². The van der Waals surface area contributed by atoms with E-state index in [1.165, 1.54) is 37.2 Å². The van der Waals surface area contributed by atoms with Gasteiger partial charge in [-0.3, -0.25) is 0 Å². The first-order valence-electron chi connectivity index (χ1n) is 7.98. The maximum atomic E-state index is 3.52. The molecule has 2 heteroatoms. The number of aryl methyl sites for hydroxylation is 1. The van der Waals surface area contributed by atoms with Gasteiger partial charge < -0.3 is 10.2 Å². The lowest BCUT2D eigenvalue weighted by atomic mass is 9.75. The van der Waals surface area contributed by atoms with Crippen molar-refractivity contribution < 1.29 is 0 Å². The molecule has 1 aromatic rings. The summed E-state index contributed by atoms with van der Waals surface area (Å²) in [6.45, 7) is 14.0. The van der Waals surface area contributed by atoms with Crippen molar-refractivity contribution in [3.05, 3.63) is 29.8 Å². The van der Waals surface area contributed by atoms with Gasteiger partial charge in [0.2, 0.25) is 0 Å². The van der Waals surface area contributed by atoms with Crippen molar-refractivity contribution in [1.82, 2.24) is 4.90 Å². The average molecular weight is 274 g/mol. The predicted octanol–water partition coefficient (Wildman–Crippen LogP) is 4.17. The molecule has 0 amide bonds. The van der Waals surface area contributed by atoms with Crippen LogP contribution >= 0.6 is 0 Å². The molecule has 1 aliphatic heterocycles. The summed E-state index contributed by atoms with van der Waals surface area (Å²) in [4.78, 5) is 2.60. The third-order valence-electron chi connectivity index (χ3n) is 4.62. The summed E-state index contributed by atoms with van der Waals surface area (Å²) in [5, 5.41) is 3.52. The summed E-state index contributed by atoms with van der Waals surface area (Å²) in [7, 11) is 0.